The predicted molar refractivity (Wildman–Crippen MR) is 107 cm³/mol. The van der Waals surface area contributed by atoms with Crippen LogP contribution in [0.15, 0.2) is 54.9 Å². The van der Waals surface area contributed by atoms with E-state index in [1.54, 1.807) is 34.6 Å². The highest BCUT2D eigenvalue weighted by atomic mass is 16.7. The first-order chi connectivity index (χ1) is 13.7. The van der Waals surface area contributed by atoms with E-state index in [1.165, 1.54) is 0 Å². The Bertz CT molecular complexity index is 899. The lowest BCUT2D eigenvalue weighted by atomic mass is 10.0. The Morgan fingerprint density at radius 1 is 0.679 bits per heavy atom. The molecule has 0 spiro atoms. The molecule has 146 valence electrons. The molecule has 6 nitrogen and oxygen atoms in total. The number of aromatic nitrogens is 1. The molecule has 0 aliphatic rings. The number of rotatable bonds is 8. The van der Waals surface area contributed by atoms with E-state index in [4.69, 9.17) is 23.7 Å². The standard InChI is InChI=1S/C22H23NO5/c1-24-14-28-19-7-5-15(6-8-19)17-9-18(13-23-12-17)16-10-20(25-2)22(27-4)21(11-16)26-3/h5-13H,14H2,1-4H3. The highest BCUT2D eigenvalue weighted by Gasteiger charge is 2.14. The summed E-state index contributed by atoms with van der Waals surface area (Å²) < 4.78 is 26.7. The summed E-state index contributed by atoms with van der Waals surface area (Å²) in [6.07, 6.45) is 3.63. The SMILES string of the molecule is COCOc1ccc(-c2cncc(-c3cc(OC)c(OC)c(OC)c3)c2)cc1. The van der Waals surface area contributed by atoms with Crippen LogP contribution in [-0.2, 0) is 4.74 Å². The molecule has 0 aliphatic carbocycles. The maximum absolute atomic E-state index is 5.45. The average molecular weight is 381 g/mol. The lowest BCUT2D eigenvalue weighted by Crippen LogP contribution is -1.98. The van der Waals surface area contributed by atoms with Crippen LogP contribution in [0.2, 0.25) is 0 Å². The summed E-state index contributed by atoms with van der Waals surface area (Å²) in [6.45, 7) is 0.220. The van der Waals surface area contributed by atoms with Gasteiger partial charge in [-0.15, -0.1) is 0 Å². The Balaban J connectivity index is 1.95. The Morgan fingerprint density at radius 2 is 1.29 bits per heavy atom. The van der Waals surface area contributed by atoms with Crippen molar-refractivity contribution in [2.24, 2.45) is 0 Å². The lowest BCUT2D eigenvalue weighted by molar-refractivity contribution is 0.0511. The van der Waals surface area contributed by atoms with Gasteiger partial charge in [-0.3, -0.25) is 4.98 Å². The minimum Gasteiger partial charge on any atom is -0.493 e. The van der Waals surface area contributed by atoms with Crippen molar-refractivity contribution in [1.82, 2.24) is 4.98 Å². The summed E-state index contributed by atoms with van der Waals surface area (Å²) in [7, 11) is 6.38. The smallest absolute Gasteiger partial charge is 0.203 e. The van der Waals surface area contributed by atoms with Crippen LogP contribution in [0.25, 0.3) is 22.3 Å². The first-order valence-electron chi connectivity index (χ1n) is 8.67. The molecule has 0 atom stereocenters. The van der Waals surface area contributed by atoms with Crippen molar-refractivity contribution < 1.29 is 23.7 Å². The van der Waals surface area contributed by atoms with Crippen LogP contribution < -0.4 is 18.9 Å². The van der Waals surface area contributed by atoms with Crippen molar-refractivity contribution in [3.05, 3.63) is 54.9 Å². The maximum Gasteiger partial charge on any atom is 0.203 e. The van der Waals surface area contributed by atoms with Crippen molar-refractivity contribution in [3.8, 4) is 45.3 Å². The number of methoxy groups -OCH3 is 4. The number of hydrogen-bond donors (Lipinski definition) is 0. The van der Waals surface area contributed by atoms with Gasteiger partial charge in [-0.1, -0.05) is 12.1 Å². The normalized spacial score (nSPS) is 10.4. The van der Waals surface area contributed by atoms with E-state index in [0.717, 1.165) is 28.0 Å². The van der Waals surface area contributed by atoms with E-state index in [0.29, 0.717) is 17.2 Å². The number of pyridine rings is 1. The molecule has 0 N–H and O–H groups in total. The van der Waals surface area contributed by atoms with E-state index < -0.39 is 0 Å². The summed E-state index contributed by atoms with van der Waals surface area (Å²) in [4.78, 5) is 4.40. The topological polar surface area (TPSA) is 59.0 Å². The Labute approximate surface area is 164 Å². The van der Waals surface area contributed by atoms with Gasteiger partial charge in [-0.05, 0) is 41.5 Å². The molecular weight excluding hydrogens is 358 g/mol. The molecule has 0 fully saturated rings. The second kappa shape index (κ2) is 9.10. The summed E-state index contributed by atoms with van der Waals surface area (Å²) in [5, 5.41) is 0. The van der Waals surface area contributed by atoms with Crippen molar-refractivity contribution in [2.45, 2.75) is 0 Å². The minimum atomic E-state index is 0.220. The van der Waals surface area contributed by atoms with Gasteiger partial charge in [0.2, 0.25) is 5.75 Å². The number of hydrogen-bond acceptors (Lipinski definition) is 6. The molecule has 28 heavy (non-hydrogen) atoms. The molecule has 0 saturated carbocycles. The first kappa shape index (κ1) is 19.5. The van der Waals surface area contributed by atoms with Crippen molar-refractivity contribution in [1.29, 1.82) is 0 Å². The molecule has 3 aromatic rings. The monoisotopic (exact) mass is 381 g/mol. The lowest BCUT2D eigenvalue weighted by Gasteiger charge is -2.14. The fourth-order valence-electron chi connectivity index (χ4n) is 2.87. The Morgan fingerprint density at radius 3 is 1.82 bits per heavy atom. The molecule has 0 aliphatic heterocycles. The van der Waals surface area contributed by atoms with E-state index in [-0.39, 0.29) is 6.79 Å². The molecule has 2 aromatic carbocycles. The fourth-order valence-corrected chi connectivity index (χ4v) is 2.87. The van der Waals surface area contributed by atoms with E-state index in [9.17, 15) is 0 Å². The van der Waals surface area contributed by atoms with Crippen LogP contribution in [0.4, 0.5) is 0 Å². The largest absolute Gasteiger partial charge is 0.493 e. The van der Waals surface area contributed by atoms with Crippen LogP contribution in [0, 0.1) is 0 Å². The van der Waals surface area contributed by atoms with Gasteiger partial charge >= 0.3 is 0 Å². The van der Waals surface area contributed by atoms with Gasteiger partial charge in [0.25, 0.3) is 0 Å². The maximum atomic E-state index is 5.45. The van der Waals surface area contributed by atoms with Gasteiger partial charge in [0.05, 0.1) is 21.3 Å². The molecule has 6 heteroatoms. The summed E-state index contributed by atoms with van der Waals surface area (Å²) >= 11 is 0. The average Bonchev–Trinajstić information content (AvgIpc) is 2.77. The molecule has 0 amide bonds. The van der Waals surface area contributed by atoms with E-state index >= 15 is 0 Å². The van der Waals surface area contributed by atoms with Crippen LogP contribution in [0.1, 0.15) is 0 Å². The Hall–Kier alpha value is -3.25. The zero-order valence-electron chi connectivity index (χ0n) is 16.4. The van der Waals surface area contributed by atoms with Crippen molar-refractivity contribution in [2.75, 3.05) is 35.2 Å². The third kappa shape index (κ3) is 4.18. The molecule has 0 saturated heterocycles. The quantitative estimate of drug-likeness (QED) is 0.538. The third-order valence-electron chi connectivity index (χ3n) is 4.27. The van der Waals surface area contributed by atoms with Crippen LogP contribution in [0.5, 0.6) is 23.0 Å². The van der Waals surface area contributed by atoms with Gasteiger partial charge < -0.3 is 23.7 Å². The van der Waals surface area contributed by atoms with Crippen molar-refractivity contribution >= 4 is 0 Å². The summed E-state index contributed by atoms with van der Waals surface area (Å²) in [6, 6.07) is 13.7. The molecule has 1 aromatic heterocycles. The van der Waals surface area contributed by atoms with E-state index in [1.807, 2.05) is 42.6 Å². The van der Waals surface area contributed by atoms with Crippen LogP contribution in [-0.4, -0.2) is 40.2 Å². The molecule has 0 radical (unpaired) electrons. The van der Waals surface area contributed by atoms with Crippen LogP contribution in [0.3, 0.4) is 0 Å². The van der Waals surface area contributed by atoms with Crippen molar-refractivity contribution in [3.63, 3.8) is 0 Å². The second-order valence-electron chi connectivity index (χ2n) is 5.95. The molecule has 0 unspecified atom stereocenters. The van der Waals surface area contributed by atoms with Gasteiger partial charge in [0, 0.05) is 30.6 Å². The number of benzene rings is 2. The molecular formula is C22H23NO5. The van der Waals surface area contributed by atoms with Crippen LogP contribution >= 0.6 is 0 Å². The molecule has 0 bridgehead atoms. The third-order valence-corrected chi connectivity index (χ3v) is 4.27. The second-order valence-corrected chi connectivity index (χ2v) is 5.95. The van der Waals surface area contributed by atoms with E-state index in [2.05, 4.69) is 11.1 Å². The fraction of sp³-hybridized carbons (Fsp3) is 0.227. The molecule has 3 rings (SSSR count). The summed E-state index contributed by atoms with van der Waals surface area (Å²) in [5.41, 5.74) is 3.89. The number of ether oxygens (including phenoxy) is 5. The zero-order valence-corrected chi connectivity index (χ0v) is 16.4. The highest BCUT2D eigenvalue weighted by molar-refractivity contribution is 5.75. The minimum absolute atomic E-state index is 0.220. The first-order valence-corrected chi connectivity index (χ1v) is 8.67. The predicted octanol–water partition coefficient (Wildman–Crippen LogP) is 4.42. The van der Waals surface area contributed by atoms with Gasteiger partial charge in [-0.25, -0.2) is 0 Å². The highest BCUT2D eigenvalue weighted by Crippen LogP contribution is 2.41. The van der Waals surface area contributed by atoms with Gasteiger partial charge in [-0.2, -0.15) is 0 Å². The summed E-state index contributed by atoms with van der Waals surface area (Å²) in [5.74, 6) is 2.51. The molecule has 1 heterocycles. The van der Waals surface area contributed by atoms with Gasteiger partial charge in [0.15, 0.2) is 18.3 Å². The number of nitrogens with zero attached hydrogens (tertiary/aromatic N) is 1. The van der Waals surface area contributed by atoms with Gasteiger partial charge in [0.1, 0.15) is 5.75 Å². The zero-order chi connectivity index (χ0) is 19.9. The Kier molecular flexibility index (Phi) is 6.34.